The van der Waals surface area contributed by atoms with Crippen molar-refractivity contribution in [3.63, 3.8) is 0 Å². The van der Waals surface area contributed by atoms with Crippen molar-refractivity contribution in [1.82, 2.24) is 15.3 Å². The normalized spacial score (nSPS) is 12.2. The van der Waals surface area contributed by atoms with Gasteiger partial charge in [0.1, 0.15) is 11.6 Å². The van der Waals surface area contributed by atoms with E-state index in [9.17, 15) is 19.5 Å². The summed E-state index contributed by atoms with van der Waals surface area (Å²) in [7, 11) is 0. The quantitative estimate of drug-likeness (QED) is 0.441. The molecule has 1 aromatic heterocycles. The molecule has 2 aromatic carbocycles. The van der Waals surface area contributed by atoms with E-state index in [2.05, 4.69) is 20.6 Å². The van der Waals surface area contributed by atoms with Gasteiger partial charge in [0.15, 0.2) is 0 Å². The van der Waals surface area contributed by atoms with E-state index in [1.807, 2.05) is 0 Å². The van der Waals surface area contributed by atoms with E-state index >= 15 is 0 Å². The van der Waals surface area contributed by atoms with Gasteiger partial charge in [-0.3, -0.25) is 10.1 Å². The van der Waals surface area contributed by atoms with Crippen molar-refractivity contribution in [1.29, 1.82) is 0 Å². The van der Waals surface area contributed by atoms with Crippen LogP contribution >= 0.6 is 11.6 Å². The Labute approximate surface area is 189 Å². The highest BCUT2D eigenvalue weighted by molar-refractivity contribution is 6.30. The van der Waals surface area contributed by atoms with Crippen LogP contribution in [0, 0.1) is 0 Å². The van der Waals surface area contributed by atoms with Gasteiger partial charge in [0, 0.05) is 17.0 Å². The molecule has 0 unspecified atom stereocenters. The molecule has 0 fully saturated rings. The van der Waals surface area contributed by atoms with Gasteiger partial charge in [-0.05, 0) is 56.7 Å². The molecule has 9 nitrogen and oxygen atoms in total. The molecule has 10 heteroatoms. The Hall–Kier alpha value is -3.59. The number of fused-ring (bicyclic) bond motifs is 1. The van der Waals surface area contributed by atoms with Gasteiger partial charge in [0.2, 0.25) is 5.95 Å². The number of rotatable bonds is 6. The number of aromatic nitrogens is 2. The van der Waals surface area contributed by atoms with Crippen molar-refractivity contribution < 1.29 is 24.2 Å². The summed E-state index contributed by atoms with van der Waals surface area (Å²) in [6.45, 7) is 5.23. The predicted octanol–water partition coefficient (Wildman–Crippen LogP) is 3.99. The Balaban J connectivity index is 1.71. The minimum Gasteiger partial charge on any atom is -0.480 e. The van der Waals surface area contributed by atoms with E-state index in [0.717, 1.165) is 5.56 Å². The van der Waals surface area contributed by atoms with Crippen LogP contribution in [-0.2, 0) is 16.0 Å². The number of ether oxygens (including phenoxy) is 1. The minimum absolute atomic E-state index is 0.104. The molecule has 3 aromatic rings. The Morgan fingerprint density at radius 2 is 1.84 bits per heavy atom. The number of nitrogens with zero attached hydrogens (tertiary/aromatic N) is 1. The van der Waals surface area contributed by atoms with E-state index in [1.165, 1.54) is 12.1 Å². The number of aromatic amines is 1. The molecule has 0 spiro atoms. The number of nitrogens with one attached hydrogen (secondary N) is 3. The third-order valence-electron chi connectivity index (χ3n) is 4.32. The average Bonchev–Trinajstić information content (AvgIpc) is 3.08. The van der Waals surface area contributed by atoms with Crippen LogP contribution < -0.4 is 10.6 Å². The molecule has 0 saturated heterocycles. The third-order valence-corrected chi connectivity index (χ3v) is 4.57. The highest BCUT2D eigenvalue weighted by Crippen LogP contribution is 2.18. The summed E-state index contributed by atoms with van der Waals surface area (Å²) in [5, 5.41) is 15.1. The van der Waals surface area contributed by atoms with Crippen LogP contribution in [0.2, 0.25) is 5.02 Å². The van der Waals surface area contributed by atoms with Crippen molar-refractivity contribution >= 4 is 46.6 Å². The lowest BCUT2D eigenvalue weighted by atomic mass is 10.1. The SMILES string of the molecule is CC(C)(C)OC(=O)Nc1nc2cc(C(=O)N[C@@H](Cc3ccc(Cl)cc3)C(=O)O)ccc2[nH]1. The number of benzene rings is 2. The van der Waals surface area contributed by atoms with Gasteiger partial charge in [-0.15, -0.1) is 0 Å². The fourth-order valence-corrected chi connectivity index (χ4v) is 3.03. The molecule has 0 aliphatic rings. The highest BCUT2D eigenvalue weighted by atomic mass is 35.5. The minimum atomic E-state index is -1.15. The zero-order valence-corrected chi connectivity index (χ0v) is 18.5. The number of carbonyl (C=O) groups is 3. The lowest BCUT2D eigenvalue weighted by molar-refractivity contribution is -0.139. The molecule has 1 heterocycles. The number of halogens is 1. The first-order valence-corrected chi connectivity index (χ1v) is 10.2. The van der Waals surface area contributed by atoms with Crippen molar-refractivity contribution in [2.45, 2.75) is 38.8 Å². The number of hydrogen-bond acceptors (Lipinski definition) is 5. The highest BCUT2D eigenvalue weighted by Gasteiger charge is 2.22. The number of imidazole rings is 1. The summed E-state index contributed by atoms with van der Waals surface area (Å²) in [6.07, 6.45) is -0.562. The zero-order chi connectivity index (χ0) is 23.5. The second-order valence-corrected chi connectivity index (χ2v) is 8.58. The van der Waals surface area contributed by atoms with Crippen molar-refractivity contribution in [3.8, 4) is 0 Å². The van der Waals surface area contributed by atoms with Crippen LogP contribution in [0.3, 0.4) is 0 Å². The van der Waals surface area contributed by atoms with Crippen molar-refractivity contribution in [2.75, 3.05) is 5.32 Å². The van der Waals surface area contributed by atoms with Crippen LogP contribution in [-0.4, -0.2) is 44.7 Å². The first-order chi connectivity index (χ1) is 15.0. The van der Waals surface area contributed by atoms with Gasteiger partial charge < -0.3 is 20.1 Å². The predicted molar refractivity (Wildman–Crippen MR) is 120 cm³/mol. The lowest BCUT2D eigenvalue weighted by Crippen LogP contribution is -2.42. The molecule has 4 N–H and O–H groups in total. The first kappa shape index (κ1) is 23.1. The van der Waals surface area contributed by atoms with E-state index in [4.69, 9.17) is 16.3 Å². The smallest absolute Gasteiger partial charge is 0.414 e. The fourth-order valence-electron chi connectivity index (χ4n) is 2.90. The van der Waals surface area contributed by atoms with Gasteiger partial charge in [-0.25, -0.2) is 14.6 Å². The maximum atomic E-state index is 12.7. The molecule has 3 rings (SSSR count). The largest absolute Gasteiger partial charge is 0.480 e. The molecule has 1 atom stereocenters. The van der Waals surface area contributed by atoms with Gasteiger partial charge >= 0.3 is 12.1 Å². The molecule has 0 aliphatic carbocycles. The summed E-state index contributed by atoms with van der Waals surface area (Å²) < 4.78 is 5.18. The fraction of sp³-hybridized carbons (Fsp3) is 0.273. The zero-order valence-electron chi connectivity index (χ0n) is 17.7. The van der Waals surface area contributed by atoms with Gasteiger partial charge in [-0.2, -0.15) is 0 Å². The van der Waals surface area contributed by atoms with Gasteiger partial charge in [0.05, 0.1) is 11.0 Å². The number of H-pyrrole nitrogens is 1. The molecule has 0 aliphatic heterocycles. The number of carboxylic acid groups (broad SMARTS) is 1. The topological polar surface area (TPSA) is 133 Å². The second kappa shape index (κ2) is 9.27. The number of amides is 2. The van der Waals surface area contributed by atoms with E-state index < -0.39 is 29.6 Å². The van der Waals surface area contributed by atoms with Crippen molar-refractivity contribution in [3.05, 3.63) is 58.6 Å². The summed E-state index contributed by atoms with van der Waals surface area (Å²) in [4.78, 5) is 43.4. The van der Waals surface area contributed by atoms with Crippen LogP contribution in [0.25, 0.3) is 11.0 Å². The Kier molecular flexibility index (Phi) is 6.69. The Bertz CT molecular complexity index is 1150. The molecule has 0 bridgehead atoms. The van der Waals surface area contributed by atoms with Crippen LogP contribution in [0.15, 0.2) is 42.5 Å². The van der Waals surface area contributed by atoms with E-state index in [-0.39, 0.29) is 17.9 Å². The first-order valence-electron chi connectivity index (χ1n) is 9.78. The maximum Gasteiger partial charge on any atom is 0.414 e. The molecular weight excluding hydrogens is 436 g/mol. The Morgan fingerprint density at radius 3 is 2.47 bits per heavy atom. The monoisotopic (exact) mass is 458 g/mol. The molecular formula is C22H23ClN4O5. The molecule has 2 amide bonds. The molecule has 168 valence electrons. The maximum absolute atomic E-state index is 12.7. The van der Waals surface area contributed by atoms with E-state index in [0.29, 0.717) is 16.1 Å². The number of carboxylic acids is 1. The number of aliphatic carboxylic acids is 1. The number of hydrogen-bond donors (Lipinski definition) is 4. The summed E-state index contributed by atoms with van der Waals surface area (Å²) in [5.74, 6) is -1.55. The number of anilines is 1. The van der Waals surface area contributed by atoms with Crippen LogP contribution in [0.1, 0.15) is 36.7 Å². The average molecular weight is 459 g/mol. The summed E-state index contributed by atoms with van der Waals surface area (Å²) >= 11 is 5.86. The summed E-state index contributed by atoms with van der Waals surface area (Å²) in [5.41, 5.74) is 1.31. The second-order valence-electron chi connectivity index (χ2n) is 8.14. The molecule has 0 saturated carbocycles. The Morgan fingerprint density at radius 1 is 1.16 bits per heavy atom. The van der Waals surface area contributed by atoms with E-state index in [1.54, 1.807) is 51.1 Å². The lowest BCUT2D eigenvalue weighted by Gasteiger charge is -2.18. The van der Waals surface area contributed by atoms with Gasteiger partial charge in [-0.1, -0.05) is 23.7 Å². The molecule has 32 heavy (non-hydrogen) atoms. The third kappa shape index (κ3) is 6.21. The van der Waals surface area contributed by atoms with Gasteiger partial charge in [0.25, 0.3) is 5.91 Å². The number of carbonyl (C=O) groups excluding carboxylic acids is 2. The van der Waals surface area contributed by atoms with Crippen LogP contribution in [0.4, 0.5) is 10.7 Å². The molecule has 0 radical (unpaired) electrons. The van der Waals surface area contributed by atoms with Crippen LogP contribution in [0.5, 0.6) is 0 Å². The summed E-state index contributed by atoms with van der Waals surface area (Å²) in [6, 6.07) is 10.3. The standard InChI is InChI=1S/C22H23ClN4O5/c1-22(2,3)32-21(31)27-20-25-15-9-6-13(11-16(15)26-20)18(28)24-17(19(29)30)10-12-4-7-14(23)8-5-12/h4-9,11,17H,10H2,1-3H3,(H,24,28)(H,29,30)(H2,25,26,27,31)/t17-/m0/s1. The van der Waals surface area contributed by atoms with Crippen molar-refractivity contribution in [2.24, 2.45) is 0 Å².